The van der Waals surface area contributed by atoms with Crippen molar-refractivity contribution in [3.05, 3.63) is 72.1 Å². The second-order valence-electron chi connectivity index (χ2n) is 6.08. The Morgan fingerprint density at radius 1 is 0.667 bits per heavy atom. The van der Waals surface area contributed by atoms with Gasteiger partial charge in [-0.25, -0.2) is 0 Å². The Bertz CT molecular complexity index is 707. The molecule has 0 atom stereocenters. The summed E-state index contributed by atoms with van der Waals surface area (Å²) in [6.07, 6.45) is 8.30. The standard InChI is InChI=1S/C20H24N4/c1(2-6-12-18-13-7-4-8-14-18)3-11-17-20-21-23-24(22-20)19-15-9-5-10-16-19/h4-5,7-10,13-16H,1-3,6,11-12,17H2. The molecular formula is C20H24N4. The van der Waals surface area contributed by atoms with Crippen LogP contribution in [0.2, 0.25) is 0 Å². The Balaban J connectivity index is 1.30. The summed E-state index contributed by atoms with van der Waals surface area (Å²) < 4.78 is 0. The van der Waals surface area contributed by atoms with Crippen LogP contribution >= 0.6 is 0 Å². The van der Waals surface area contributed by atoms with Crippen LogP contribution in [-0.4, -0.2) is 20.2 Å². The molecular weight excluding hydrogens is 296 g/mol. The summed E-state index contributed by atoms with van der Waals surface area (Å²) >= 11 is 0. The van der Waals surface area contributed by atoms with Crippen molar-refractivity contribution in [3.63, 3.8) is 0 Å². The lowest BCUT2D eigenvalue weighted by Gasteiger charge is -2.01. The van der Waals surface area contributed by atoms with Crippen LogP contribution in [0, 0.1) is 0 Å². The minimum absolute atomic E-state index is 0.836. The van der Waals surface area contributed by atoms with E-state index in [0.29, 0.717) is 0 Å². The Kier molecular flexibility index (Phi) is 6.12. The minimum Gasteiger partial charge on any atom is -0.131 e. The molecule has 1 aromatic heterocycles. The van der Waals surface area contributed by atoms with E-state index in [9.17, 15) is 0 Å². The normalized spacial score (nSPS) is 10.8. The Hall–Kier alpha value is -2.49. The van der Waals surface area contributed by atoms with Crippen LogP contribution in [0.4, 0.5) is 0 Å². The first kappa shape index (κ1) is 16.4. The number of rotatable bonds is 9. The van der Waals surface area contributed by atoms with Gasteiger partial charge in [0, 0.05) is 6.42 Å². The molecule has 1 heterocycles. The number of aromatic nitrogens is 4. The number of nitrogens with zero attached hydrogens (tertiary/aromatic N) is 4. The molecule has 4 heteroatoms. The molecule has 0 aliphatic heterocycles. The van der Waals surface area contributed by atoms with Gasteiger partial charge in [0.2, 0.25) is 0 Å². The van der Waals surface area contributed by atoms with Crippen molar-refractivity contribution in [1.82, 2.24) is 20.2 Å². The molecule has 124 valence electrons. The summed E-state index contributed by atoms with van der Waals surface area (Å²) in [7, 11) is 0. The predicted octanol–water partition coefficient (Wildman–Crippen LogP) is 4.40. The smallest absolute Gasteiger partial charge is 0.131 e. The summed E-state index contributed by atoms with van der Waals surface area (Å²) in [4.78, 5) is 1.61. The Morgan fingerprint density at radius 3 is 2.04 bits per heavy atom. The van der Waals surface area contributed by atoms with Gasteiger partial charge in [-0.2, -0.15) is 0 Å². The van der Waals surface area contributed by atoms with Crippen LogP contribution in [0.1, 0.15) is 43.5 Å². The lowest BCUT2D eigenvalue weighted by molar-refractivity contribution is 0.605. The van der Waals surface area contributed by atoms with Crippen molar-refractivity contribution in [2.75, 3.05) is 0 Å². The van der Waals surface area contributed by atoms with Crippen molar-refractivity contribution in [3.8, 4) is 5.69 Å². The largest absolute Gasteiger partial charge is 0.175 e. The van der Waals surface area contributed by atoms with Gasteiger partial charge in [0.25, 0.3) is 0 Å². The third-order valence-electron chi connectivity index (χ3n) is 4.15. The Labute approximate surface area is 143 Å². The van der Waals surface area contributed by atoms with Crippen LogP contribution in [0.15, 0.2) is 60.7 Å². The maximum Gasteiger partial charge on any atom is 0.175 e. The topological polar surface area (TPSA) is 43.6 Å². The van der Waals surface area contributed by atoms with Gasteiger partial charge in [-0.05, 0) is 42.2 Å². The molecule has 0 saturated carbocycles. The number of hydrogen-bond donors (Lipinski definition) is 0. The molecule has 0 fully saturated rings. The predicted molar refractivity (Wildman–Crippen MR) is 96.1 cm³/mol. The van der Waals surface area contributed by atoms with Gasteiger partial charge in [0.15, 0.2) is 5.82 Å². The molecule has 0 aliphatic rings. The highest BCUT2D eigenvalue weighted by atomic mass is 15.6. The monoisotopic (exact) mass is 320 g/mol. The van der Waals surface area contributed by atoms with Gasteiger partial charge < -0.3 is 0 Å². The molecule has 4 nitrogen and oxygen atoms in total. The third kappa shape index (κ3) is 5.01. The van der Waals surface area contributed by atoms with Crippen LogP contribution in [0.5, 0.6) is 0 Å². The number of benzene rings is 2. The molecule has 2 aromatic carbocycles. The zero-order valence-electron chi connectivity index (χ0n) is 14.0. The number of hydrogen-bond acceptors (Lipinski definition) is 3. The molecule has 0 radical (unpaired) electrons. The van der Waals surface area contributed by atoms with Crippen molar-refractivity contribution < 1.29 is 0 Å². The molecule has 0 aliphatic carbocycles. The number of unbranched alkanes of at least 4 members (excludes halogenated alkanes) is 4. The first-order valence-electron chi connectivity index (χ1n) is 8.80. The fraction of sp³-hybridized carbons (Fsp3) is 0.350. The average molecular weight is 320 g/mol. The highest BCUT2D eigenvalue weighted by Crippen LogP contribution is 2.10. The number of tetrazole rings is 1. The molecule has 0 saturated heterocycles. The molecule has 3 aromatic rings. The van der Waals surface area contributed by atoms with Crippen LogP contribution in [0.25, 0.3) is 5.69 Å². The van der Waals surface area contributed by atoms with E-state index in [4.69, 9.17) is 0 Å². The highest BCUT2D eigenvalue weighted by Gasteiger charge is 2.04. The van der Waals surface area contributed by atoms with Crippen LogP contribution in [-0.2, 0) is 12.8 Å². The van der Waals surface area contributed by atoms with E-state index in [-0.39, 0.29) is 0 Å². The van der Waals surface area contributed by atoms with Crippen molar-refractivity contribution >= 4 is 0 Å². The molecule has 24 heavy (non-hydrogen) atoms. The van der Waals surface area contributed by atoms with E-state index >= 15 is 0 Å². The lowest BCUT2D eigenvalue weighted by Crippen LogP contribution is -1.98. The first-order chi connectivity index (χ1) is 11.9. The van der Waals surface area contributed by atoms with Crippen LogP contribution in [0.3, 0.4) is 0 Å². The number of para-hydroxylation sites is 1. The second kappa shape index (κ2) is 8.96. The van der Waals surface area contributed by atoms with Gasteiger partial charge in [-0.15, -0.1) is 15.0 Å². The first-order valence-corrected chi connectivity index (χ1v) is 8.80. The van der Waals surface area contributed by atoms with Gasteiger partial charge >= 0.3 is 0 Å². The van der Waals surface area contributed by atoms with E-state index in [0.717, 1.165) is 24.4 Å². The maximum atomic E-state index is 4.45. The van der Waals surface area contributed by atoms with Gasteiger partial charge in [0.05, 0.1) is 5.69 Å². The Morgan fingerprint density at radius 2 is 1.29 bits per heavy atom. The van der Waals surface area contributed by atoms with Crippen molar-refractivity contribution in [2.24, 2.45) is 0 Å². The molecule has 0 spiro atoms. The van der Waals surface area contributed by atoms with E-state index in [2.05, 4.69) is 45.7 Å². The number of aryl methyl sites for hydroxylation is 2. The van der Waals surface area contributed by atoms with Crippen molar-refractivity contribution in [1.29, 1.82) is 0 Å². The van der Waals surface area contributed by atoms with Gasteiger partial charge in [0.1, 0.15) is 0 Å². The zero-order chi connectivity index (χ0) is 16.5. The summed E-state index contributed by atoms with van der Waals surface area (Å²) in [5, 5.41) is 12.7. The average Bonchev–Trinajstić information content (AvgIpc) is 3.11. The van der Waals surface area contributed by atoms with Crippen LogP contribution < -0.4 is 0 Å². The molecule has 0 N–H and O–H groups in total. The quantitative estimate of drug-likeness (QED) is 0.549. The SMILES string of the molecule is c1ccc(CCCCCCCc2nnn(-c3ccccc3)n2)cc1. The highest BCUT2D eigenvalue weighted by molar-refractivity contribution is 5.27. The van der Waals surface area contributed by atoms with E-state index in [1.54, 1.807) is 4.80 Å². The van der Waals surface area contributed by atoms with Gasteiger partial charge in [-0.3, -0.25) is 0 Å². The zero-order valence-corrected chi connectivity index (χ0v) is 14.0. The fourth-order valence-electron chi connectivity index (χ4n) is 2.80. The summed E-state index contributed by atoms with van der Waals surface area (Å²) in [5.74, 6) is 0.836. The van der Waals surface area contributed by atoms with Gasteiger partial charge in [-0.1, -0.05) is 67.8 Å². The van der Waals surface area contributed by atoms with E-state index in [1.807, 2.05) is 30.3 Å². The van der Waals surface area contributed by atoms with E-state index < -0.39 is 0 Å². The molecule has 0 bridgehead atoms. The van der Waals surface area contributed by atoms with E-state index in [1.165, 1.54) is 37.7 Å². The molecule has 0 amide bonds. The van der Waals surface area contributed by atoms with Crippen molar-refractivity contribution in [2.45, 2.75) is 44.9 Å². The third-order valence-corrected chi connectivity index (χ3v) is 4.15. The fourth-order valence-corrected chi connectivity index (χ4v) is 2.80. The molecule has 0 unspecified atom stereocenters. The second-order valence-corrected chi connectivity index (χ2v) is 6.08. The summed E-state index contributed by atoms with van der Waals surface area (Å²) in [6.45, 7) is 0. The summed E-state index contributed by atoms with van der Waals surface area (Å²) in [5.41, 5.74) is 2.40. The molecule has 3 rings (SSSR count). The minimum atomic E-state index is 0.836. The summed E-state index contributed by atoms with van der Waals surface area (Å²) in [6, 6.07) is 20.6. The maximum absolute atomic E-state index is 4.45. The lowest BCUT2D eigenvalue weighted by atomic mass is 10.0.